The van der Waals surface area contributed by atoms with E-state index in [4.69, 9.17) is 4.74 Å². The highest BCUT2D eigenvalue weighted by molar-refractivity contribution is 5.97. The molecular formula is C24H24N2O3. The molecule has 1 unspecified atom stereocenters. The number of nitrogens with one attached hydrogen (secondary N) is 2. The van der Waals surface area contributed by atoms with Gasteiger partial charge < -0.3 is 15.4 Å². The average Bonchev–Trinajstić information content (AvgIpc) is 2.77. The van der Waals surface area contributed by atoms with Gasteiger partial charge in [-0.15, -0.1) is 0 Å². The van der Waals surface area contributed by atoms with Crippen LogP contribution < -0.4 is 15.4 Å². The Balaban J connectivity index is 1.56. The third-order valence-electron chi connectivity index (χ3n) is 4.46. The largest absolute Gasteiger partial charge is 0.483 e. The summed E-state index contributed by atoms with van der Waals surface area (Å²) in [4.78, 5) is 24.8. The second-order valence-electron chi connectivity index (χ2n) is 6.65. The van der Waals surface area contributed by atoms with Crippen LogP contribution in [0.5, 0.6) is 5.75 Å². The number of rotatable bonds is 8. The van der Waals surface area contributed by atoms with Crippen LogP contribution in [-0.4, -0.2) is 18.4 Å². The molecule has 3 aromatic carbocycles. The van der Waals surface area contributed by atoms with Gasteiger partial charge in [0.05, 0.1) is 11.6 Å². The number of para-hydroxylation sites is 1. The van der Waals surface area contributed by atoms with Crippen LogP contribution in [0.25, 0.3) is 0 Å². The quantitative estimate of drug-likeness (QED) is 0.616. The summed E-state index contributed by atoms with van der Waals surface area (Å²) in [6, 6.07) is 26.1. The lowest BCUT2D eigenvalue weighted by atomic mass is 10.1. The maximum Gasteiger partial charge on any atom is 0.258 e. The Morgan fingerprint density at radius 1 is 0.862 bits per heavy atom. The number of hydrogen-bond acceptors (Lipinski definition) is 3. The molecule has 0 radical (unpaired) electrons. The third-order valence-corrected chi connectivity index (χ3v) is 4.46. The summed E-state index contributed by atoms with van der Waals surface area (Å²) >= 11 is 0. The van der Waals surface area contributed by atoms with Gasteiger partial charge in [0.25, 0.3) is 11.8 Å². The number of amides is 2. The Morgan fingerprint density at radius 2 is 1.48 bits per heavy atom. The number of carbonyl (C=O) groups is 2. The van der Waals surface area contributed by atoms with Gasteiger partial charge in [0, 0.05) is 6.54 Å². The molecule has 0 saturated carbocycles. The summed E-state index contributed by atoms with van der Waals surface area (Å²) in [6.07, 6.45) is 0. The molecule has 29 heavy (non-hydrogen) atoms. The van der Waals surface area contributed by atoms with E-state index in [1.165, 1.54) is 0 Å². The van der Waals surface area contributed by atoms with Crippen molar-refractivity contribution in [2.24, 2.45) is 0 Å². The SMILES string of the molecule is CC(NC(=O)COc1ccccc1C(=O)NCc1ccccc1)c1ccccc1. The van der Waals surface area contributed by atoms with E-state index in [1.807, 2.05) is 67.6 Å². The Labute approximate surface area is 170 Å². The van der Waals surface area contributed by atoms with Crippen molar-refractivity contribution in [3.63, 3.8) is 0 Å². The van der Waals surface area contributed by atoms with Crippen molar-refractivity contribution in [2.75, 3.05) is 6.61 Å². The number of hydrogen-bond donors (Lipinski definition) is 2. The summed E-state index contributed by atoms with van der Waals surface area (Å²) in [5.41, 5.74) is 2.42. The van der Waals surface area contributed by atoms with Crippen LogP contribution in [0.1, 0.15) is 34.5 Å². The minimum atomic E-state index is -0.249. The minimum absolute atomic E-state index is 0.128. The normalized spacial score (nSPS) is 11.3. The van der Waals surface area contributed by atoms with Crippen molar-refractivity contribution in [1.29, 1.82) is 0 Å². The molecule has 0 heterocycles. The van der Waals surface area contributed by atoms with E-state index >= 15 is 0 Å². The Morgan fingerprint density at radius 3 is 2.21 bits per heavy atom. The van der Waals surface area contributed by atoms with Crippen molar-refractivity contribution in [1.82, 2.24) is 10.6 Å². The van der Waals surface area contributed by atoms with E-state index in [0.717, 1.165) is 11.1 Å². The van der Waals surface area contributed by atoms with Crippen LogP contribution in [0.3, 0.4) is 0 Å². The predicted octanol–water partition coefficient (Wildman–Crippen LogP) is 3.87. The van der Waals surface area contributed by atoms with Gasteiger partial charge in [-0.2, -0.15) is 0 Å². The summed E-state index contributed by atoms with van der Waals surface area (Å²) in [5, 5.41) is 5.77. The maximum atomic E-state index is 12.6. The van der Waals surface area contributed by atoms with Gasteiger partial charge >= 0.3 is 0 Å². The molecule has 2 N–H and O–H groups in total. The molecule has 0 spiro atoms. The molecule has 3 aromatic rings. The zero-order chi connectivity index (χ0) is 20.5. The standard InChI is InChI=1S/C24H24N2O3/c1-18(20-12-6-3-7-13-20)26-23(27)17-29-22-15-9-8-14-21(22)24(28)25-16-19-10-4-2-5-11-19/h2-15,18H,16-17H2,1H3,(H,25,28)(H,26,27). The third kappa shape index (κ3) is 5.94. The van der Waals surface area contributed by atoms with E-state index in [0.29, 0.717) is 17.9 Å². The zero-order valence-electron chi connectivity index (χ0n) is 16.3. The fraction of sp³-hybridized carbons (Fsp3) is 0.167. The van der Waals surface area contributed by atoms with E-state index in [1.54, 1.807) is 24.3 Å². The molecule has 148 valence electrons. The first-order valence-electron chi connectivity index (χ1n) is 9.52. The summed E-state index contributed by atoms with van der Waals surface area (Å²) in [6.45, 7) is 2.17. The summed E-state index contributed by atoms with van der Waals surface area (Å²) in [5.74, 6) is -0.121. The van der Waals surface area contributed by atoms with E-state index in [-0.39, 0.29) is 24.5 Å². The lowest BCUT2D eigenvalue weighted by Crippen LogP contribution is -2.31. The van der Waals surface area contributed by atoms with Gasteiger partial charge in [-0.25, -0.2) is 0 Å². The number of benzene rings is 3. The van der Waals surface area contributed by atoms with Crippen LogP contribution in [0.2, 0.25) is 0 Å². The molecule has 0 aliphatic heterocycles. The van der Waals surface area contributed by atoms with Gasteiger partial charge in [0.2, 0.25) is 0 Å². The molecule has 5 nitrogen and oxygen atoms in total. The molecule has 5 heteroatoms. The van der Waals surface area contributed by atoms with Crippen molar-refractivity contribution >= 4 is 11.8 Å². The molecule has 0 fully saturated rings. The van der Waals surface area contributed by atoms with E-state index in [9.17, 15) is 9.59 Å². The first-order chi connectivity index (χ1) is 14.1. The monoisotopic (exact) mass is 388 g/mol. The van der Waals surface area contributed by atoms with Gasteiger partial charge in [-0.1, -0.05) is 72.8 Å². The van der Waals surface area contributed by atoms with Crippen molar-refractivity contribution in [2.45, 2.75) is 19.5 Å². The molecule has 0 aromatic heterocycles. The highest BCUT2D eigenvalue weighted by atomic mass is 16.5. The van der Waals surface area contributed by atoms with Crippen molar-refractivity contribution in [3.8, 4) is 5.75 Å². The number of carbonyl (C=O) groups excluding carboxylic acids is 2. The molecule has 0 aliphatic rings. The topological polar surface area (TPSA) is 67.4 Å². The summed E-state index contributed by atoms with van der Waals surface area (Å²) < 4.78 is 5.64. The molecule has 3 rings (SSSR count). The van der Waals surface area contributed by atoms with Crippen LogP contribution in [0, 0.1) is 0 Å². The molecule has 0 saturated heterocycles. The van der Waals surface area contributed by atoms with Crippen LogP contribution in [0.15, 0.2) is 84.9 Å². The Kier molecular flexibility index (Phi) is 7.00. The van der Waals surface area contributed by atoms with Crippen LogP contribution >= 0.6 is 0 Å². The first-order valence-corrected chi connectivity index (χ1v) is 9.52. The molecule has 0 aliphatic carbocycles. The Hall–Kier alpha value is -3.60. The van der Waals surface area contributed by atoms with Crippen molar-refractivity contribution < 1.29 is 14.3 Å². The Bertz CT molecular complexity index is 943. The summed E-state index contributed by atoms with van der Waals surface area (Å²) in [7, 11) is 0. The van der Waals surface area contributed by atoms with E-state index < -0.39 is 0 Å². The van der Waals surface area contributed by atoms with Gasteiger partial charge in [0.15, 0.2) is 6.61 Å². The van der Waals surface area contributed by atoms with Gasteiger partial charge in [-0.05, 0) is 30.2 Å². The highest BCUT2D eigenvalue weighted by Gasteiger charge is 2.14. The minimum Gasteiger partial charge on any atom is -0.483 e. The number of ether oxygens (including phenoxy) is 1. The zero-order valence-corrected chi connectivity index (χ0v) is 16.3. The lowest BCUT2D eigenvalue weighted by Gasteiger charge is -2.15. The predicted molar refractivity (Wildman–Crippen MR) is 113 cm³/mol. The fourth-order valence-electron chi connectivity index (χ4n) is 2.91. The molecule has 0 bridgehead atoms. The smallest absolute Gasteiger partial charge is 0.258 e. The van der Waals surface area contributed by atoms with Crippen LogP contribution in [0.4, 0.5) is 0 Å². The van der Waals surface area contributed by atoms with Crippen molar-refractivity contribution in [3.05, 3.63) is 102 Å². The second-order valence-corrected chi connectivity index (χ2v) is 6.65. The highest BCUT2D eigenvalue weighted by Crippen LogP contribution is 2.18. The van der Waals surface area contributed by atoms with E-state index in [2.05, 4.69) is 10.6 Å². The molecule has 1 atom stereocenters. The first kappa shape index (κ1) is 20.1. The van der Waals surface area contributed by atoms with Gasteiger partial charge in [0.1, 0.15) is 5.75 Å². The molecule has 2 amide bonds. The second kappa shape index (κ2) is 10.1. The maximum absolute atomic E-state index is 12.6. The molecular weight excluding hydrogens is 364 g/mol. The lowest BCUT2D eigenvalue weighted by molar-refractivity contribution is -0.123. The van der Waals surface area contributed by atoms with Crippen LogP contribution in [-0.2, 0) is 11.3 Å². The fourth-order valence-corrected chi connectivity index (χ4v) is 2.91. The average molecular weight is 388 g/mol. The van der Waals surface area contributed by atoms with Gasteiger partial charge in [-0.3, -0.25) is 9.59 Å².